The Kier molecular flexibility index (Phi) is 6.87. The lowest BCUT2D eigenvalue weighted by Crippen LogP contribution is -2.45. The number of hydrogen-bond donors (Lipinski definition) is 2. The fraction of sp³-hybridized carbons (Fsp3) is 0.391. The van der Waals surface area contributed by atoms with E-state index in [9.17, 15) is 14.0 Å². The van der Waals surface area contributed by atoms with Crippen molar-refractivity contribution in [2.75, 3.05) is 49.2 Å². The van der Waals surface area contributed by atoms with Crippen LogP contribution in [0, 0.1) is 5.82 Å². The molecule has 0 aromatic heterocycles. The quantitative estimate of drug-likeness (QED) is 0.677. The summed E-state index contributed by atoms with van der Waals surface area (Å²) in [6, 6.07) is 13.5. The number of nitrogens with two attached hydrogens (primary N) is 1. The van der Waals surface area contributed by atoms with Gasteiger partial charge in [-0.2, -0.15) is 0 Å². The summed E-state index contributed by atoms with van der Waals surface area (Å²) in [4.78, 5) is 27.9. The molecule has 2 atom stereocenters. The van der Waals surface area contributed by atoms with Crippen molar-refractivity contribution in [3.8, 4) is 0 Å². The molecule has 32 heavy (non-hydrogen) atoms. The van der Waals surface area contributed by atoms with Crippen LogP contribution in [0.15, 0.2) is 48.5 Å². The van der Waals surface area contributed by atoms with E-state index in [2.05, 4.69) is 5.32 Å². The van der Waals surface area contributed by atoms with Gasteiger partial charge in [-0.15, -0.1) is 0 Å². The number of hydrogen-bond acceptors (Lipinski definition) is 6. The van der Waals surface area contributed by atoms with Gasteiger partial charge in [0.15, 0.2) is 0 Å². The highest BCUT2D eigenvalue weighted by Crippen LogP contribution is 2.28. The number of carbonyl (C=O) groups excluding carboxylic acids is 2. The molecule has 9 heteroatoms. The molecule has 0 bridgehead atoms. The predicted molar refractivity (Wildman–Crippen MR) is 118 cm³/mol. The largest absolute Gasteiger partial charge is 0.442 e. The molecule has 0 radical (unpaired) electrons. The van der Waals surface area contributed by atoms with Crippen LogP contribution in [-0.4, -0.2) is 63.5 Å². The molecule has 2 heterocycles. The molecule has 0 saturated carbocycles. The van der Waals surface area contributed by atoms with E-state index in [0.29, 0.717) is 44.1 Å². The summed E-state index contributed by atoms with van der Waals surface area (Å²) in [6.45, 7) is 2.71. The highest BCUT2D eigenvalue weighted by Gasteiger charge is 2.33. The van der Waals surface area contributed by atoms with Gasteiger partial charge in [-0.05, 0) is 30.2 Å². The number of anilines is 2. The molecular formula is C23H27FN4O4. The van der Waals surface area contributed by atoms with E-state index < -0.39 is 24.1 Å². The summed E-state index contributed by atoms with van der Waals surface area (Å²) in [5.41, 5.74) is 7.86. The summed E-state index contributed by atoms with van der Waals surface area (Å²) >= 11 is 0. The Morgan fingerprint density at radius 1 is 1.19 bits per heavy atom. The lowest BCUT2D eigenvalue weighted by Gasteiger charge is -2.29. The summed E-state index contributed by atoms with van der Waals surface area (Å²) < 4.78 is 25.4. The standard InChI is InChI=1S/C23H27FN4O4/c24-19-13-17(6-7-21(19)27-8-10-31-11-9-27)28-15-18(32-23(28)30)14-26-22(29)20(25)12-16-4-2-1-3-5-16/h1-7,13,18,20H,8-12,14-15,25H2,(H,26,29)/t18-,20?/m0/s1. The second kappa shape index (κ2) is 9.97. The van der Waals surface area contributed by atoms with Crippen LogP contribution in [0.3, 0.4) is 0 Å². The molecule has 170 valence electrons. The maximum absolute atomic E-state index is 14.7. The normalized spacial score (nSPS) is 19.6. The minimum atomic E-state index is -0.701. The first-order valence-corrected chi connectivity index (χ1v) is 10.7. The second-order valence-electron chi connectivity index (χ2n) is 7.89. The lowest BCUT2D eigenvalue weighted by atomic mass is 10.1. The Hall–Kier alpha value is -3.17. The van der Waals surface area contributed by atoms with E-state index in [4.69, 9.17) is 15.2 Å². The number of benzene rings is 2. The average Bonchev–Trinajstić information content (AvgIpc) is 3.19. The van der Waals surface area contributed by atoms with Crippen molar-refractivity contribution in [1.29, 1.82) is 0 Å². The van der Waals surface area contributed by atoms with Crippen LogP contribution in [0.25, 0.3) is 0 Å². The molecule has 2 amide bonds. The summed E-state index contributed by atoms with van der Waals surface area (Å²) in [6.07, 6.45) is -0.702. The van der Waals surface area contributed by atoms with Gasteiger partial charge in [-0.1, -0.05) is 30.3 Å². The summed E-state index contributed by atoms with van der Waals surface area (Å²) in [5.74, 6) is -0.718. The van der Waals surface area contributed by atoms with Crippen LogP contribution < -0.4 is 20.9 Å². The SMILES string of the molecule is NC(Cc1ccccc1)C(=O)NC[C@H]1CN(c2ccc(N3CCOCC3)c(F)c2)C(=O)O1. The molecule has 0 spiro atoms. The third-order valence-electron chi connectivity index (χ3n) is 5.61. The number of carbonyl (C=O) groups is 2. The Morgan fingerprint density at radius 3 is 2.66 bits per heavy atom. The zero-order valence-electron chi connectivity index (χ0n) is 17.7. The van der Waals surface area contributed by atoms with Crippen molar-refractivity contribution in [1.82, 2.24) is 5.32 Å². The van der Waals surface area contributed by atoms with E-state index in [1.807, 2.05) is 35.2 Å². The first kappa shape index (κ1) is 22.0. The Bertz CT molecular complexity index is 952. The van der Waals surface area contributed by atoms with E-state index in [1.54, 1.807) is 12.1 Å². The smallest absolute Gasteiger partial charge is 0.414 e. The van der Waals surface area contributed by atoms with Gasteiger partial charge in [0.2, 0.25) is 5.91 Å². The Balaban J connectivity index is 1.31. The molecule has 2 aliphatic rings. The molecule has 0 aliphatic carbocycles. The predicted octanol–water partition coefficient (Wildman–Crippen LogP) is 1.67. The second-order valence-corrected chi connectivity index (χ2v) is 7.89. The molecule has 4 rings (SSSR count). The Morgan fingerprint density at radius 2 is 1.94 bits per heavy atom. The molecular weight excluding hydrogens is 415 g/mol. The van der Waals surface area contributed by atoms with Crippen LogP contribution in [0.4, 0.5) is 20.6 Å². The highest BCUT2D eigenvalue weighted by atomic mass is 19.1. The van der Waals surface area contributed by atoms with Crippen molar-refractivity contribution >= 4 is 23.4 Å². The fourth-order valence-corrected chi connectivity index (χ4v) is 3.87. The average molecular weight is 442 g/mol. The number of nitrogens with zero attached hydrogens (tertiary/aromatic N) is 2. The lowest BCUT2D eigenvalue weighted by molar-refractivity contribution is -0.122. The van der Waals surface area contributed by atoms with Crippen molar-refractivity contribution in [2.45, 2.75) is 18.6 Å². The van der Waals surface area contributed by atoms with Crippen LogP contribution in [0.5, 0.6) is 0 Å². The number of morpholine rings is 1. The summed E-state index contributed by atoms with van der Waals surface area (Å²) in [5, 5.41) is 2.74. The molecule has 2 aliphatic heterocycles. The van der Waals surface area contributed by atoms with Gasteiger partial charge in [0.05, 0.1) is 43.7 Å². The van der Waals surface area contributed by atoms with Crippen LogP contribution >= 0.6 is 0 Å². The minimum Gasteiger partial charge on any atom is -0.442 e. The van der Waals surface area contributed by atoms with Gasteiger partial charge in [-0.3, -0.25) is 9.69 Å². The molecule has 8 nitrogen and oxygen atoms in total. The van der Waals surface area contributed by atoms with Gasteiger partial charge in [0.1, 0.15) is 11.9 Å². The monoisotopic (exact) mass is 442 g/mol. The van der Waals surface area contributed by atoms with E-state index >= 15 is 0 Å². The first-order valence-electron chi connectivity index (χ1n) is 10.7. The molecule has 2 aromatic carbocycles. The van der Waals surface area contributed by atoms with Gasteiger partial charge in [0, 0.05) is 13.1 Å². The van der Waals surface area contributed by atoms with Crippen molar-refractivity contribution in [3.05, 3.63) is 59.9 Å². The minimum absolute atomic E-state index is 0.137. The maximum Gasteiger partial charge on any atom is 0.414 e. The molecule has 3 N–H and O–H groups in total. The number of halogens is 1. The number of cyclic esters (lactones) is 1. The molecule has 2 saturated heterocycles. The number of nitrogens with one attached hydrogen (secondary N) is 1. The Labute approximate surface area is 186 Å². The van der Waals surface area contributed by atoms with E-state index in [-0.39, 0.29) is 19.0 Å². The van der Waals surface area contributed by atoms with Gasteiger partial charge in [-0.25, -0.2) is 9.18 Å². The first-order chi connectivity index (χ1) is 15.5. The molecule has 2 aromatic rings. The number of amides is 2. The third kappa shape index (κ3) is 5.17. The van der Waals surface area contributed by atoms with Crippen LogP contribution in [-0.2, 0) is 20.7 Å². The zero-order valence-corrected chi connectivity index (χ0v) is 17.7. The highest BCUT2D eigenvalue weighted by molar-refractivity contribution is 5.90. The van der Waals surface area contributed by atoms with Crippen LogP contribution in [0.1, 0.15) is 5.56 Å². The number of rotatable bonds is 7. The molecule has 2 fully saturated rings. The van der Waals surface area contributed by atoms with Crippen LogP contribution in [0.2, 0.25) is 0 Å². The van der Waals surface area contributed by atoms with E-state index in [0.717, 1.165) is 5.56 Å². The number of ether oxygens (including phenoxy) is 2. The third-order valence-corrected chi connectivity index (χ3v) is 5.61. The van der Waals surface area contributed by atoms with Crippen molar-refractivity contribution in [2.24, 2.45) is 5.73 Å². The van der Waals surface area contributed by atoms with Gasteiger partial charge in [0.25, 0.3) is 0 Å². The van der Waals surface area contributed by atoms with Gasteiger partial charge >= 0.3 is 6.09 Å². The van der Waals surface area contributed by atoms with Crippen molar-refractivity contribution < 1.29 is 23.5 Å². The molecule has 1 unspecified atom stereocenters. The topological polar surface area (TPSA) is 97.1 Å². The zero-order chi connectivity index (χ0) is 22.5. The maximum atomic E-state index is 14.7. The van der Waals surface area contributed by atoms with Gasteiger partial charge < -0.3 is 25.4 Å². The van der Waals surface area contributed by atoms with Crippen molar-refractivity contribution in [3.63, 3.8) is 0 Å². The summed E-state index contributed by atoms with van der Waals surface area (Å²) in [7, 11) is 0. The fourth-order valence-electron chi connectivity index (χ4n) is 3.87. The van der Waals surface area contributed by atoms with E-state index in [1.165, 1.54) is 11.0 Å².